The maximum absolute atomic E-state index is 9.33. The van der Waals surface area contributed by atoms with Gasteiger partial charge < -0.3 is 10.1 Å². The van der Waals surface area contributed by atoms with E-state index >= 15 is 0 Å². The highest BCUT2D eigenvalue weighted by atomic mass is 16.5. The number of rotatable bonds is 5. The van der Waals surface area contributed by atoms with Crippen molar-refractivity contribution in [3.05, 3.63) is 52.7 Å². The van der Waals surface area contributed by atoms with E-state index < -0.39 is 0 Å². The van der Waals surface area contributed by atoms with Crippen molar-refractivity contribution in [3.63, 3.8) is 0 Å². The van der Waals surface area contributed by atoms with Gasteiger partial charge in [-0.05, 0) is 43.5 Å². The highest BCUT2D eigenvalue weighted by molar-refractivity contribution is 5.67. The normalized spacial score (nSPS) is 10.2. The molecule has 0 radical (unpaired) electrons. The zero-order chi connectivity index (χ0) is 15.2. The van der Waals surface area contributed by atoms with Gasteiger partial charge in [0.05, 0.1) is 12.2 Å². The number of benzene rings is 1. The van der Waals surface area contributed by atoms with E-state index in [4.69, 9.17) is 4.74 Å². The Morgan fingerprint density at radius 1 is 1.29 bits per heavy atom. The van der Waals surface area contributed by atoms with Gasteiger partial charge in [0.2, 0.25) is 0 Å². The number of hydrogen-bond acceptors (Lipinski definition) is 4. The molecule has 4 nitrogen and oxygen atoms in total. The first-order valence-corrected chi connectivity index (χ1v) is 6.88. The minimum Gasteiger partial charge on any atom is -0.384 e. The van der Waals surface area contributed by atoms with Gasteiger partial charge in [-0.15, -0.1) is 0 Å². The summed E-state index contributed by atoms with van der Waals surface area (Å²) in [4.78, 5) is 4.46. The topological polar surface area (TPSA) is 57.9 Å². The minimum atomic E-state index is 0.585. The summed E-state index contributed by atoms with van der Waals surface area (Å²) >= 11 is 0. The molecular weight excluding hydrogens is 262 g/mol. The number of methoxy groups -OCH3 is 1. The van der Waals surface area contributed by atoms with E-state index in [0.717, 1.165) is 28.9 Å². The highest BCUT2D eigenvalue weighted by Gasteiger charge is 2.10. The van der Waals surface area contributed by atoms with E-state index in [1.807, 2.05) is 38.1 Å². The molecule has 0 fully saturated rings. The molecule has 0 saturated carbocycles. The van der Waals surface area contributed by atoms with Gasteiger partial charge in [-0.3, -0.25) is 0 Å². The van der Waals surface area contributed by atoms with Crippen molar-refractivity contribution < 1.29 is 4.74 Å². The number of para-hydroxylation sites is 1. The number of aromatic nitrogens is 1. The molecule has 0 unspecified atom stereocenters. The Morgan fingerprint density at radius 3 is 2.76 bits per heavy atom. The van der Waals surface area contributed by atoms with Gasteiger partial charge in [0.15, 0.2) is 0 Å². The predicted molar refractivity (Wildman–Crippen MR) is 83.7 cm³/mol. The van der Waals surface area contributed by atoms with Crippen molar-refractivity contribution in [2.75, 3.05) is 19.0 Å². The summed E-state index contributed by atoms with van der Waals surface area (Å²) in [5, 5.41) is 12.6. The molecule has 1 aromatic heterocycles. The van der Waals surface area contributed by atoms with Crippen molar-refractivity contribution >= 4 is 11.5 Å². The number of aryl methyl sites for hydroxylation is 2. The monoisotopic (exact) mass is 281 g/mol. The Bertz CT molecular complexity index is 674. The summed E-state index contributed by atoms with van der Waals surface area (Å²) in [6.07, 6.45) is 0.812. The van der Waals surface area contributed by atoms with Crippen LogP contribution in [0.1, 0.15) is 22.4 Å². The van der Waals surface area contributed by atoms with E-state index in [1.54, 1.807) is 7.11 Å². The van der Waals surface area contributed by atoms with Gasteiger partial charge >= 0.3 is 0 Å². The minimum absolute atomic E-state index is 0.585. The number of ether oxygens (including phenoxy) is 1. The lowest BCUT2D eigenvalue weighted by molar-refractivity contribution is 0.202. The quantitative estimate of drug-likeness (QED) is 0.911. The molecule has 0 aliphatic heterocycles. The van der Waals surface area contributed by atoms with Crippen LogP contribution >= 0.6 is 0 Å². The summed E-state index contributed by atoms with van der Waals surface area (Å²) in [5.74, 6) is 0.611. The molecule has 1 aromatic carbocycles. The van der Waals surface area contributed by atoms with Gasteiger partial charge in [-0.2, -0.15) is 5.26 Å². The fourth-order valence-corrected chi connectivity index (χ4v) is 2.27. The Labute approximate surface area is 125 Å². The van der Waals surface area contributed by atoms with E-state index in [2.05, 4.69) is 22.4 Å². The van der Waals surface area contributed by atoms with E-state index in [-0.39, 0.29) is 0 Å². The molecule has 0 saturated heterocycles. The van der Waals surface area contributed by atoms with Gasteiger partial charge in [0.1, 0.15) is 11.9 Å². The van der Waals surface area contributed by atoms with Crippen LogP contribution in [-0.4, -0.2) is 18.7 Å². The largest absolute Gasteiger partial charge is 0.384 e. The lowest BCUT2D eigenvalue weighted by Crippen LogP contribution is -2.04. The molecule has 108 valence electrons. The van der Waals surface area contributed by atoms with Gasteiger partial charge in [0.25, 0.3) is 0 Å². The van der Waals surface area contributed by atoms with Crippen LogP contribution in [0.15, 0.2) is 30.3 Å². The van der Waals surface area contributed by atoms with Crippen LogP contribution in [0.25, 0.3) is 0 Å². The van der Waals surface area contributed by atoms with E-state index in [0.29, 0.717) is 18.0 Å². The third-order valence-electron chi connectivity index (χ3n) is 3.30. The number of nitrogens with one attached hydrogen (secondary N) is 1. The molecule has 0 bridgehead atoms. The Balaban J connectivity index is 2.37. The molecule has 21 heavy (non-hydrogen) atoms. The number of nitrogens with zero attached hydrogens (tertiary/aromatic N) is 2. The Hall–Kier alpha value is -2.38. The van der Waals surface area contributed by atoms with Gasteiger partial charge in [-0.25, -0.2) is 4.98 Å². The first-order chi connectivity index (χ1) is 10.2. The second-order valence-electron chi connectivity index (χ2n) is 4.94. The SMILES string of the molecule is COCCc1ccccc1Nc1nc(C)cc(C)c1C#N. The van der Waals surface area contributed by atoms with Gasteiger partial charge in [-0.1, -0.05) is 18.2 Å². The standard InChI is InChI=1S/C17H19N3O/c1-12-10-13(2)19-17(15(12)11-18)20-16-7-5-4-6-14(16)8-9-21-3/h4-7,10H,8-9H2,1-3H3,(H,19,20). The Kier molecular flexibility index (Phi) is 4.91. The molecule has 1 heterocycles. The van der Waals surface area contributed by atoms with Crippen LogP contribution in [0.4, 0.5) is 11.5 Å². The van der Waals surface area contributed by atoms with Crippen LogP contribution < -0.4 is 5.32 Å². The highest BCUT2D eigenvalue weighted by Crippen LogP contribution is 2.24. The van der Waals surface area contributed by atoms with Crippen molar-refractivity contribution in [1.82, 2.24) is 4.98 Å². The first-order valence-electron chi connectivity index (χ1n) is 6.88. The summed E-state index contributed by atoms with van der Waals surface area (Å²) < 4.78 is 5.14. The lowest BCUT2D eigenvalue weighted by atomic mass is 10.1. The van der Waals surface area contributed by atoms with Crippen LogP contribution in [0.2, 0.25) is 0 Å². The molecule has 2 rings (SSSR count). The second kappa shape index (κ2) is 6.87. The fraction of sp³-hybridized carbons (Fsp3) is 0.294. The molecule has 0 aliphatic carbocycles. The average molecular weight is 281 g/mol. The third kappa shape index (κ3) is 3.59. The van der Waals surface area contributed by atoms with Crippen LogP contribution in [0.3, 0.4) is 0 Å². The molecule has 1 N–H and O–H groups in total. The first kappa shape index (κ1) is 15.0. The number of nitriles is 1. The van der Waals surface area contributed by atoms with Crippen molar-refractivity contribution in [2.45, 2.75) is 20.3 Å². The van der Waals surface area contributed by atoms with Crippen molar-refractivity contribution in [2.24, 2.45) is 0 Å². The molecule has 0 aliphatic rings. The molecule has 0 amide bonds. The van der Waals surface area contributed by atoms with Crippen molar-refractivity contribution in [1.29, 1.82) is 5.26 Å². The molecule has 0 atom stereocenters. The predicted octanol–water partition coefficient (Wildman–Crippen LogP) is 3.50. The molecule has 0 spiro atoms. The summed E-state index contributed by atoms with van der Waals surface area (Å²) in [6, 6.07) is 12.1. The summed E-state index contributed by atoms with van der Waals surface area (Å²) in [5.41, 5.74) is 4.51. The smallest absolute Gasteiger partial charge is 0.148 e. The molecular formula is C17H19N3O. The van der Waals surface area contributed by atoms with Crippen molar-refractivity contribution in [3.8, 4) is 6.07 Å². The number of hydrogen-bond donors (Lipinski definition) is 1. The second-order valence-corrected chi connectivity index (χ2v) is 4.94. The fourth-order valence-electron chi connectivity index (χ4n) is 2.27. The molecule has 2 aromatic rings. The zero-order valence-corrected chi connectivity index (χ0v) is 12.6. The molecule has 4 heteroatoms. The number of pyridine rings is 1. The summed E-state index contributed by atoms with van der Waals surface area (Å²) in [7, 11) is 1.69. The van der Waals surface area contributed by atoms with Crippen LogP contribution in [0.5, 0.6) is 0 Å². The zero-order valence-electron chi connectivity index (χ0n) is 12.6. The van der Waals surface area contributed by atoms with Crippen LogP contribution in [0, 0.1) is 25.2 Å². The average Bonchev–Trinajstić information content (AvgIpc) is 2.46. The third-order valence-corrected chi connectivity index (χ3v) is 3.30. The van der Waals surface area contributed by atoms with Gasteiger partial charge in [0, 0.05) is 18.5 Å². The number of anilines is 2. The lowest BCUT2D eigenvalue weighted by Gasteiger charge is -2.14. The van der Waals surface area contributed by atoms with E-state index in [1.165, 1.54) is 0 Å². The maximum atomic E-state index is 9.33. The Morgan fingerprint density at radius 2 is 2.05 bits per heavy atom. The van der Waals surface area contributed by atoms with E-state index in [9.17, 15) is 5.26 Å². The summed E-state index contributed by atoms with van der Waals surface area (Å²) in [6.45, 7) is 4.51. The van der Waals surface area contributed by atoms with Crippen LogP contribution in [-0.2, 0) is 11.2 Å². The maximum Gasteiger partial charge on any atom is 0.148 e.